The zero-order chi connectivity index (χ0) is 20.4. The summed E-state index contributed by atoms with van der Waals surface area (Å²) in [5.74, 6) is 0. The second kappa shape index (κ2) is 14.3. The Kier molecular flexibility index (Phi) is 13.5. The average Bonchev–Trinajstić information content (AvgIpc) is 2.67. The van der Waals surface area contributed by atoms with Gasteiger partial charge in [0.2, 0.25) is 0 Å². The molecule has 0 aliphatic carbocycles. The first kappa shape index (κ1) is 27.3. The van der Waals surface area contributed by atoms with E-state index >= 15 is 0 Å². The van der Waals surface area contributed by atoms with Gasteiger partial charge in [-0.1, -0.05) is 83.4 Å². The number of fused-ring (bicyclic) bond motifs is 1. The molecule has 0 spiro atoms. The Morgan fingerprint density at radius 3 is 1.66 bits per heavy atom. The topological polar surface area (TPSA) is 57.2 Å². The molecule has 0 aromatic heterocycles. The predicted octanol–water partition coefficient (Wildman–Crippen LogP) is 3.77. The maximum absolute atomic E-state index is 11.5. The Morgan fingerprint density at radius 1 is 0.690 bits per heavy atom. The van der Waals surface area contributed by atoms with E-state index < -0.39 is 10.1 Å². The van der Waals surface area contributed by atoms with Gasteiger partial charge in [-0.2, -0.15) is 0 Å². The third-order valence-electron chi connectivity index (χ3n) is 5.56. The van der Waals surface area contributed by atoms with Crippen molar-refractivity contribution in [1.82, 2.24) is 0 Å². The van der Waals surface area contributed by atoms with Gasteiger partial charge in [-0.3, -0.25) is 0 Å². The van der Waals surface area contributed by atoms with Crippen molar-refractivity contribution < 1.29 is 64.4 Å². The summed E-state index contributed by atoms with van der Waals surface area (Å²) in [4.78, 5) is -0.118. The summed E-state index contributed by atoms with van der Waals surface area (Å²) in [5.41, 5.74) is 2.42. The minimum absolute atomic E-state index is 0. The van der Waals surface area contributed by atoms with E-state index in [1.807, 2.05) is 6.07 Å². The zero-order valence-corrected chi connectivity index (χ0v) is 22.4. The fourth-order valence-corrected chi connectivity index (χ4v) is 4.38. The predicted molar refractivity (Wildman–Crippen MR) is 117 cm³/mol. The Labute approximate surface area is 220 Å². The summed E-state index contributed by atoms with van der Waals surface area (Å²) in [6.07, 6.45) is 14.1. The quantitative estimate of drug-likeness (QED) is 0.269. The van der Waals surface area contributed by atoms with Crippen LogP contribution in [-0.4, -0.2) is 13.0 Å². The molecule has 2 rings (SSSR count). The molecule has 29 heavy (non-hydrogen) atoms. The van der Waals surface area contributed by atoms with Crippen LogP contribution >= 0.6 is 0 Å². The Bertz CT molecular complexity index is 847. The molecule has 0 bridgehead atoms. The minimum atomic E-state index is -4.43. The first-order chi connectivity index (χ1) is 13.5. The van der Waals surface area contributed by atoms with Crippen molar-refractivity contribution in [2.45, 2.75) is 95.8 Å². The van der Waals surface area contributed by atoms with Crippen LogP contribution in [0.1, 0.15) is 89.2 Å². The van der Waals surface area contributed by atoms with Crippen LogP contribution < -0.4 is 51.4 Å². The van der Waals surface area contributed by atoms with Crippen molar-refractivity contribution in [3.63, 3.8) is 0 Å². The van der Waals surface area contributed by atoms with E-state index in [2.05, 4.69) is 26.0 Å². The molecular weight excluding hydrogens is 407 g/mol. The van der Waals surface area contributed by atoms with Crippen LogP contribution in [-0.2, 0) is 23.0 Å². The summed E-state index contributed by atoms with van der Waals surface area (Å²) in [6, 6.07) is 9.25. The summed E-state index contributed by atoms with van der Waals surface area (Å²) in [6.45, 7) is 4.43. The molecule has 0 fully saturated rings. The Morgan fingerprint density at radius 2 is 1.17 bits per heavy atom. The van der Waals surface area contributed by atoms with Crippen LogP contribution in [0.5, 0.6) is 0 Å². The molecule has 0 aliphatic rings. The minimum Gasteiger partial charge on any atom is -0.744 e. The zero-order valence-electron chi connectivity index (χ0n) is 18.5. The van der Waals surface area contributed by atoms with E-state index in [0.29, 0.717) is 0 Å². The Balaban J connectivity index is 0.00000420. The van der Waals surface area contributed by atoms with Gasteiger partial charge < -0.3 is 4.55 Å². The van der Waals surface area contributed by atoms with E-state index in [1.165, 1.54) is 63.0 Å². The van der Waals surface area contributed by atoms with Crippen LogP contribution in [0.4, 0.5) is 0 Å². The molecule has 0 saturated carbocycles. The summed E-state index contributed by atoms with van der Waals surface area (Å²) in [5, 5.41) is 2.05. The van der Waals surface area contributed by atoms with Gasteiger partial charge in [0.15, 0.2) is 0 Å². The molecule has 0 N–H and O–H groups in total. The standard InChI is InChI=1S/C24H36O3S.K/c1-3-5-7-9-11-13-20-15-16-21(14-12-10-8-6-4-2)24-19-22(28(25,26)27)17-18-23(20)24;/h15-19H,3-14H2,1-2H3,(H,25,26,27);/q;+1/p-1. The van der Waals surface area contributed by atoms with Crippen molar-refractivity contribution in [1.29, 1.82) is 0 Å². The van der Waals surface area contributed by atoms with E-state index in [0.717, 1.165) is 42.0 Å². The van der Waals surface area contributed by atoms with Crippen molar-refractivity contribution in [3.05, 3.63) is 41.5 Å². The normalized spacial score (nSPS) is 11.6. The van der Waals surface area contributed by atoms with Crippen LogP contribution in [0.25, 0.3) is 10.8 Å². The average molecular weight is 443 g/mol. The molecule has 0 unspecified atom stereocenters. The maximum Gasteiger partial charge on any atom is 1.00 e. The fourth-order valence-electron chi connectivity index (χ4n) is 3.88. The van der Waals surface area contributed by atoms with Crippen LogP contribution in [0.3, 0.4) is 0 Å². The van der Waals surface area contributed by atoms with Crippen molar-refractivity contribution in [2.75, 3.05) is 0 Å². The van der Waals surface area contributed by atoms with Gasteiger partial charge >= 0.3 is 51.4 Å². The maximum atomic E-state index is 11.5. The van der Waals surface area contributed by atoms with Gasteiger partial charge in [0, 0.05) is 0 Å². The van der Waals surface area contributed by atoms with E-state index in [9.17, 15) is 13.0 Å². The molecule has 0 radical (unpaired) electrons. The molecule has 2 aromatic rings. The number of hydrogen-bond acceptors (Lipinski definition) is 3. The number of rotatable bonds is 13. The molecule has 0 saturated heterocycles. The molecular formula is C24H35KO3S. The van der Waals surface area contributed by atoms with Gasteiger partial charge in [0.05, 0.1) is 4.90 Å². The molecule has 2 aromatic carbocycles. The van der Waals surface area contributed by atoms with Crippen molar-refractivity contribution in [2.24, 2.45) is 0 Å². The first-order valence-electron chi connectivity index (χ1n) is 11.0. The first-order valence-corrected chi connectivity index (χ1v) is 12.4. The van der Waals surface area contributed by atoms with Gasteiger partial charge in [-0.05, 0) is 59.7 Å². The summed E-state index contributed by atoms with van der Waals surface area (Å²) >= 11 is 0. The SMILES string of the molecule is CCCCCCCc1ccc(CCCCCCC)c2cc(S(=O)(=O)[O-])ccc12.[K+]. The summed E-state index contributed by atoms with van der Waals surface area (Å²) < 4.78 is 34.6. The molecule has 0 aliphatic heterocycles. The second-order valence-corrected chi connectivity index (χ2v) is 9.25. The smallest absolute Gasteiger partial charge is 0.744 e. The van der Waals surface area contributed by atoms with E-state index in [-0.39, 0.29) is 56.3 Å². The Hall–Kier alpha value is 0.246. The fraction of sp³-hybridized carbons (Fsp3) is 0.583. The van der Waals surface area contributed by atoms with Gasteiger partial charge in [0.1, 0.15) is 10.1 Å². The molecule has 0 amide bonds. The van der Waals surface area contributed by atoms with Gasteiger partial charge in [-0.15, -0.1) is 0 Å². The molecule has 0 heterocycles. The third kappa shape index (κ3) is 9.10. The van der Waals surface area contributed by atoms with Crippen LogP contribution in [0.15, 0.2) is 35.2 Å². The van der Waals surface area contributed by atoms with Crippen LogP contribution in [0.2, 0.25) is 0 Å². The molecule has 5 heteroatoms. The second-order valence-electron chi connectivity index (χ2n) is 7.87. The number of hydrogen-bond donors (Lipinski definition) is 0. The van der Waals surface area contributed by atoms with Gasteiger partial charge in [-0.25, -0.2) is 8.42 Å². The largest absolute Gasteiger partial charge is 1.00 e. The van der Waals surface area contributed by atoms with Gasteiger partial charge in [0.25, 0.3) is 0 Å². The molecule has 156 valence electrons. The number of aryl methyl sites for hydroxylation is 2. The van der Waals surface area contributed by atoms with E-state index in [1.54, 1.807) is 6.07 Å². The molecule has 3 nitrogen and oxygen atoms in total. The third-order valence-corrected chi connectivity index (χ3v) is 6.39. The molecule has 0 atom stereocenters. The van der Waals surface area contributed by atoms with Crippen LogP contribution in [0, 0.1) is 0 Å². The monoisotopic (exact) mass is 442 g/mol. The van der Waals surface area contributed by atoms with E-state index in [4.69, 9.17) is 0 Å². The van der Waals surface area contributed by atoms with Crippen molar-refractivity contribution >= 4 is 20.9 Å². The number of benzene rings is 2. The van der Waals surface area contributed by atoms with Crippen molar-refractivity contribution in [3.8, 4) is 0 Å². The number of unbranched alkanes of at least 4 members (excludes halogenated alkanes) is 8. The summed E-state index contributed by atoms with van der Waals surface area (Å²) in [7, 11) is -4.43.